The third-order valence-corrected chi connectivity index (χ3v) is 5.87. The number of nitrogens with zero attached hydrogens (tertiary/aromatic N) is 3. The zero-order chi connectivity index (χ0) is 20.6. The number of carbonyl (C=O) groups is 2. The second-order valence-corrected chi connectivity index (χ2v) is 7.91. The number of ether oxygens (including phenoxy) is 2. The van der Waals surface area contributed by atoms with Gasteiger partial charge in [-0.1, -0.05) is 0 Å². The first-order valence-corrected chi connectivity index (χ1v) is 10.6. The summed E-state index contributed by atoms with van der Waals surface area (Å²) in [7, 11) is 3.72. The maximum atomic E-state index is 12.7. The molecule has 3 rings (SSSR count). The number of hydrogen-bond acceptors (Lipinski definition) is 5. The van der Waals surface area contributed by atoms with Crippen molar-refractivity contribution in [2.75, 3.05) is 60.0 Å². The number of piperazine rings is 1. The minimum atomic E-state index is 0.0702. The van der Waals surface area contributed by atoms with Gasteiger partial charge in [-0.25, -0.2) is 0 Å². The fourth-order valence-electron chi connectivity index (χ4n) is 3.90. The van der Waals surface area contributed by atoms with E-state index in [1.54, 1.807) is 7.11 Å². The SMILES string of the molecule is COc1ccc(OCCCC(=O)N2CCC(C(=O)N3CCN(C)CC3)CC2)cc1. The molecule has 0 unspecified atom stereocenters. The molecule has 2 fully saturated rings. The van der Waals surface area contributed by atoms with Crippen molar-refractivity contribution in [3.05, 3.63) is 24.3 Å². The van der Waals surface area contributed by atoms with E-state index in [1.807, 2.05) is 34.1 Å². The summed E-state index contributed by atoms with van der Waals surface area (Å²) in [6.45, 7) is 5.41. The van der Waals surface area contributed by atoms with E-state index in [-0.39, 0.29) is 17.7 Å². The summed E-state index contributed by atoms with van der Waals surface area (Å²) in [4.78, 5) is 31.3. The predicted molar refractivity (Wildman–Crippen MR) is 111 cm³/mol. The number of carbonyl (C=O) groups excluding carboxylic acids is 2. The molecule has 0 N–H and O–H groups in total. The molecule has 0 atom stereocenters. The van der Waals surface area contributed by atoms with Crippen LogP contribution < -0.4 is 9.47 Å². The third-order valence-electron chi connectivity index (χ3n) is 5.87. The highest BCUT2D eigenvalue weighted by Crippen LogP contribution is 2.21. The zero-order valence-corrected chi connectivity index (χ0v) is 17.6. The van der Waals surface area contributed by atoms with Crippen molar-refractivity contribution in [1.82, 2.24) is 14.7 Å². The van der Waals surface area contributed by atoms with E-state index < -0.39 is 0 Å². The average molecular weight is 404 g/mol. The number of likely N-dealkylation sites (N-methyl/N-ethyl adjacent to an activating group) is 1. The molecule has 2 amide bonds. The fraction of sp³-hybridized carbons (Fsp3) is 0.636. The van der Waals surface area contributed by atoms with Crippen LogP contribution in [-0.2, 0) is 9.59 Å². The van der Waals surface area contributed by atoms with Crippen molar-refractivity contribution < 1.29 is 19.1 Å². The minimum Gasteiger partial charge on any atom is -0.497 e. The first-order chi connectivity index (χ1) is 14.1. The molecule has 29 heavy (non-hydrogen) atoms. The Morgan fingerprint density at radius 2 is 1.55 bits per heavy atom. The van der Waals surface area contributed by atoms with Gasteiger partial charge in [-0.3, -0.25) is 9.59 Å². The Balaban J connectivity index is 1.32. The van der Waals surface area contributed by atoms with Gasteiger partial charge < -0.3 is 24.2 Å². The normalized spacial score (nSPS) is 18.6. The molecule has 2 aliphatic heterocycles. The maximum absolute atomic E-state index is 12.7. The van der Waals surface area contributed by atoms with Crippen LogP contribution in [0.3, 0.4) is 0 Å². The van der Waals surface area contributed by atoms with Crippen LogP contribution in [0.1, 0.15) is 25.7 Å². The highest BCUT2D eigenvalue weighted by atomic mass is 16.5. The van der Waals surface area contributed by atoms with Crippen molar-refractivity contribution >= 4 is 11.8 Å². The van der Waals surface area contributed by atoms with Gasteiger partial charge in [0.15, 0.2) is 0 Å². The molecule has 160 valence electrons. The Kier molecular flexibility index (Phi) is 7.75. The Bertz CT molecular complexity index is 663. The number of likely N-dealkylation sites (tertiary alicyclic amines) is 1. The fourth-order valence-corrected chi connectivity index (χ4v) is 3.90. The Hall–Kier alpha value is -2.28. The number of piperidine rings is 1. The third kappa shape index (κ3) is 6.10. The monoisotopic (exact) mass is 403 g/mol. The molecular weight excluding hydrogens is 370 g/mol. The molecule has 2 aliphatic rings. The van der Waals surface area contributed by atoms with Crippen LogP contribution in [0.25, 0.3) is 0 Å². The van der Waals surface area contributed by atoms with Gasteiger partial charge in [0.1, 0.15) is 11.5 Å². The number of hydrogen-bond donors (Lipinski definition) is 0. The van der Waals surface area contributed by atoms with Crippen molar-refractivity contribution in [2.45, 2.75) is 25.7 Å². The molecule has 7 nitrogen and oxygen atoms in total. The van der Waals surface area contributed by atoms with Gasteiger partial charge in [0, 0.05) is 51.6 Å². The molecule has 0 saturated carbocycles. The highest BCUT2D eigenvalue weighted by Gasteiger charge is 2.31. The van der Waals surface area contributed by atoms with Gasteiger partial charge >= 0.3 is 0 Å². The van der Waals surface area contributed by atoms with Crippen molar-refractivity contribution in [1.29, 1.82) is 0 Å². The van der Waals surface area contributed by atoms with E-state index in [0.717, 1.165) is 50.5 Å². The highest BCUT2D eigenvalue weighted by molar-refractivity contribution is 5.80. The molecule has 0 bridgehead atoms. The van der Waals surface area contributed by atoms with Gasteiger partial charge in [-0.2, -0.15) is 0 Å². The maximum Gasteiger partial charge on any atom is 0.225 e. The van der Waals surface area contributed by atoms with E-state index in [1.165, 1.54) is 0 Å². The number of methoxy groups -OCH3 is 1. The topological polar surface area (TPSA) is 62.3 Å². The van der Waals surface area contributed by atoms with Crippen LogP contribution in [0.2, 0.25) is 0 Å². The summed E-state index contributed by atoms with van der Waals surface area (Å²) in [6.07, 6.45) is 2.72. The smallest absolute Gasteiger partial charge is 0.225 e. The van der Waals surface area contributed by atoms with Gasteiger partial charge in [0.2, 0.25) is 11.8 Å². The molecule has 0 spiro atoms. The second kappa shape index (κ2) is 10.5. The second-order valence-electron chi connectivity index (χ2n) is 7.91. The minimum absolute atomic E-state index is 0.0702. The summed E-state index contributed by atoms with van der Waals surface area (Å²) in [6, 6.07) is 7.44. The molecule has 1 aromatic carbocycles. The van der Waals surface area contributed by atoms with Crippen molar-refractivity contribution in [2.24, 2.45) is 5.92 Å². The molecule has 2 saturated heterocycles. The van der Waals surface area contributed by atoms with Crippen molar-refractivity contribution in [3.63, 3.8) is 0 Å². The molecule has 0 radical (unpaired) electrons. The summed E-state index contributed by atoms with van der Waals surface area (Å²) in [5.41, 5.74) is 0. The molecule has 0 aromatic heterocycles. The number of rotatable bonds is 7. The summed E-state index contributed by atoms with van der Waals surface area (Å²) < 4.78 is 10.8. The molecular formula is C22H33N3O4. The average Bonchev–Trinajstić information content (AvgIpc) is 2.77. The Morgan fingerprint density at radius 1 is 0.931 bits per heavy atom. The zero-order valence-electron chi connectivity index (χ0n) is 17.6. The van der Waals surface area contributed by atoms with Crippen LogP contribution in [0.15, 0.2) is 24.3 Å². The van der Waals surface area contributed by atoms with Crippen LogP contribution in [0, 0.1) is 5.92 Å². The lowest BCUT2D eigenvalue weighted by atomic mass is 9.94. The van der Waals surface area contributed by atoms with E-state index in [4.69, 9.17) is 9.47 Å². The van der Waals surface area contributed by atoms with Crippen LogP contribution in [0.5, 0.6) is 11.5 Å². The van der Waals surface area contributed by atoms with Gasteiger partial charge in [-0.15, -0.1) is 0 Å². The molecule has 2 heterocycles. The Morgan fingerprint density at radius 3 is 2.17 bits per heavy atom. The van der Waals surface area contributed by atoms with E-state index in [2.05, 4.69) is 11.9 Å². The first kappa shape index (κ1) is 21.4. The quantitative estimate of drug-likeness (QED) is 0.651. The summed E-state index contributed by atoms with van der Waals surface area (Å²) >= 11 is 0. The van der Waals surface area contributed by atoms with Crippen molar-refractivity contribution in [3.8, 4) is 11.5 Å². The van der Waals surface area contributed by atoms with Crippen LogP contribution >= 0.6 is 0 Å². The Labute approximate surface area is 173 Å². The summed E-state index contributed by atoms with van der Waals surface area (Å²) in [5, 5.41) is 0. The van der Waals surface area contributed by atoms with E-state index in [0.29, 0.717) is 32.5 Å². The lowest BCUT2D eigenvalue weighted by Crippen LogP contribution is -2.51. The van der Waals surface area contributed by atoms with E-state index in [9.17, 15) is 9.59 Å². The molecule has 0 aliphatic carbocycles. The molecule has 1 aromatic rings. The lowest BCUT2D eigenvalue weighted by Gasteiger charge is -2.37. The van der Waals surface area contributed by atoms with Gasteiger partial charge in [0.05, 0.1) is 13.7 Å². The standard InChI is InChI=1S/C22H33N3O4/c1-23-13-15-25(16-14-23)22(27)18-9-11-24(12-10-18)21(26)4-3-17-29-20-7-5-19(28-2)6-8-20/h5-8,18H,3-4,9-17H2,1-2H3. The summed E-state index contributed by atoms with van der Waals surface area (Å²) in [5.74, 6) is 2.08. The first-order valence-electron chi connectivity index (χ1n) is 10.6. The van der Waals surface area contributed by atoms with Gasteiger partial charge in [-0.05, 0) is 50.6 Å². The predicted octanol–water partition coefficient (Wildman–Crippen LogP) is 1.87. The molecule has 7 heteroatoms. The number of benzene rings is 1. The van der Waals surface area contributed by atoms with E-state index >= 15 is 0 Å². The van der Waals surface area contributed by atoms with Crippen LogP contribution in [0.4, 0.5) is 0 Å². The lowest BCUT2D eigenvalue weighted by molar-refractivity contribution is -0.142. The largest absolute Gasteiger partial charge is 0.497 e. The van der Waals surface area contributed by atoms with Crippen LogP contribution in [-0.4, -0.2) is 86.5 Å². The number of amides is 2. The van der Waals surface area contributed by atoms with Gasteiger partial charge in [0.25, 0.3) is 0 Å².